The summed E-state index contributed by atoms with van der Waals surface area (Å²) >= 11 is 0. The molecule has 68 valence electrons. The van der Waals surface area contributed by atoms with E-state index < -0.39 is 0 Å². The zero-order valence-electron chi connectivity index (χ0n) is 8.05. The summed E-state index contributed by atoms with van der Waals surface area (Å²) in [5.74, 6) is 2.19. The van der Waals surface area contributed by atoms with Crippen molar-refractivity contribution in [2.45, 2.75) is 32.6 Å². The van der Waals surface area contributed by atoms with Gasteiger partial charge in [0.1, 0.15) is 0 Å². The van der Waals surface area contributed by atoms with Crippen LogP contribution < -0.4 is 0 Å². The topological polar surface area (TPSA) is 3.24 Å². The molecule has 1 heteroatoms. The molecular weight excluding hydrogens is 146 g/mol. The van der Waals surface area contributed by atoms with Crippen molar-refractivity contribution in [1.29, 1.82) is 0 Å². The monoisotopic (exact) mass is 165 g/mol. The number of piperidine rings is 3. The Labute approximate surface area is 75.1 Å². The highest BCUT2D eigenvalue weighted by Gasteiger charge is 2.52. The lowest BCUT2D eigenvalue weighted by Gasteiger charge is -2.49. The van der Waals surface area contributed by atoms with Gasteiger partial charge in [0, 0.05) is 0 Å². The number of rotatable bonds is 1. The van der Waals surface area contributed by atoms with Gasteiger partial charge in [0.15, 0.2) is 0 Å². The van der Waals surface area contributed by atoms with E-state index >= 15 is 0 Å². The first-order valence-electron chi connectivity index (χ1n) is 5.53. The largest absolute Gasteiger partial charge is 0.303 e. The van der Waals surface area contributed by atoms with Gasteiger partial charge in [0.25, 0.3) is 0 Å². The Morgan fingerprint density at radius 1 is 1.08 bits per heavy atom. The summed E-state index contributed by atoms with van der Waals surface area (Å²) in [6, 6.07) is 0. The van der Waals surface area contributed by atoms with E-state index in [0.717, 1.165) is 17.3 Å². The molecule has 2 atom stereocenters. The summed E-state index contributed by atoms with van der Waals surface area (Å²) in [6.07, 6.45) is 6.09. The summed E-state index contributed by atoms with van der Waals surface area (Å²) < 4.78 is 0. The zero-order chi connectivity index (χ0) is 8.18. The summed E-state index contributed by atoms with van der Waals surface area (Å²) in [7, 11) is 0. The highest BCUT2D eigenvalue weighted by molar-refractivity contribution is 5.03. The van der Waals surface area contributed by atoms with Crippen molar-refractivity contribution in [1.82, 2.24) is 4.90 Å². The van der Waals surface area contributed by atoms with Gasteiger partial charge in [0.05, 0.1) is 0 Å². The van der Waals surface area contributed by atoms with Crippen LogP contribution in [0, 0.1) is 17.3 Å². The maximum atomic E-state index is 2.65. The van der Waals surface area contributed by atoms with Gasteiger partial charge in [0.2, 0.25) is 0 Å². The fourth-order valence-electron chi connectivity index (χ4n) is 3.58. The number of hydrogen-bond acceptors (Lipinski definition) is 1. The normalized spacial score (nSPS) is 57.2. The standard InChI is InChI=1S/C11H19N/c1-9-8-10(9)11-2-5-12(6-3-11)7-4-11/h9-10H,2-8H2,1H3. The molecule has 3 aliphatic heterocycles. The first kappa shape index (κ1) is 7.37. The highest BCUT2D eigenvalue weighted by Crippen LogP contribution is 2.58. The SMILES string of the molecule is CC1CC1C12CCN(CC1)CC2. The molecule has 0 amide bonds. The van der Waals surface area contributed by atoms with Crippen molar-refractivity contribution in [2.75, 3.05) is 19.6 Å². The maximum absolute atomic E-state index is 2.65. The summed E-state index contributed by atoms with van der Waals surface area (Å²) in [5.41, 5.74) is 0.828. The van der Waals surface area contributed by atoms with Gasteiger partial charge < -0.3 is 4.90 Å². The van der Waals surface area contributed by atoms with Crippen molar-refractivity contribution in [3.8, 4) is 0 Å². The molecule has 4 fully saturated rings. The Morgan fingerprint density at radius 2 is 1.58 bits per heavy atom. The molecule has 2 bridgehead atoms. The molecule has 4 aliphatic rings. The smallest absolute Gasteiger partial charge is 0.00133 e. The van der Waals surface area contributed by atoms with E-state index in [4.69, 9.17) is 0 Å². The second kappa shape index (κ2) is 2.25. The quantitative estimate of drug-likeness (QED) is 0.575. The molecule has 2 unspecified atom stereocenters. The molecule has 0 aromatic rings. The molecule has 0 radical (unpaired) electrons. The third kappa shape index (κ3) is 0.891. The second-order valence-electron chi connectivity index (χ2n) is 5.27. The van der Waals surface area contributed by atoms with E-state index in [2.05, 4.69) is 11.8 Å². The first-order chi connectivity index (χ1) is 5.80. The highest BCUT2D eigenvalue weighted by atomic mass is 15.1. The van der Waals surface area contributed by atoms with Crippen LogP contribution in [-0.4, -0.2) is 24.5 Å². The van der Waals surface area contributed by atoms with E-state index in [9.17, 15) is 0 Å². The predicted octanol–water partition coefficient (Wildman–Crippen LogP) is 2.13. The fraction of sp³-hybridized carbons (Fsp3) is 1.00. The Balaban J connectivity index is 1.80. The van der Waals surface area contributed by atoms with Gasteiger partial charge in [-0.25, -0.2) is 0 Å². The molecule has 3 saturated heterocycles. The molecule has 1 nitrogen and oxygen atoms in total. The molecular formula is C11H19N. The van der Waals surface area contributed by atoms with Crippen molar-refractivity contribution >= 4 is 0 Å². The number of fused-ring (bicyclic) bond motifs is 3. The summed E-state index contributed by atoms with van der Waals surface area (Å²) in [6.45, 7) is 6.66. The predicted molar refractivity (Wildman–Crippen MR) is 50.0 cm³/mol. The van der Waals surface area contributed by atoms with Gasteiger partial charge >= 0.3 is 0 Å². The molecule has 0 N–H and O–H groups in total. The molecule has 3 heterocycles. The van der Waals surface area contributed by atoms with Gasteiger partial charge in [-0.1, -0.05) is 6.92 Å². The van der Waals surface area contributed by atoms with E-state index in [1.54, 1.807) is 6.42 Å². The minimum Gasteiger partial charge on any atom is -0.303 e. The third-order valence-corrected chi connectivity index (χ3v) is 4.67. The Hall–Kier alpha value is -0.0400. The van der Waals surface area contributed by atoms with Crippen LogP contribution in [0.3, 0.4) is 0 Å². The molecule has 0 aromatic carbocycles. The Bertz CT molecular complexity index is 177. The first-order valence-corrected chi connectivity index (χ1v) is 5.53. The van der Waals surface area contributed by atoms with Crippen molar-refractivity contribution in [3.05, 3.63) is 0 Å². The van der Waals surface area contributed by atoms with E-state index in [1.807, 2.05) is 0 Å². The van der Waals surface area contributed by atoms with Crippen molar-refractivity contribution < 1.29 is 0 Å². The van der Waals surface area contributed by atoms with Crippen molar-refractivity contribution in [2.24, 2.45) is 17.3 Å². The average Bonchev–Trinajstić information content (AvgIpc) is 2.87. The number of nitrogens with zero attached hydrogens (tertiary/aromatic N) is 1. The van der Waals surface area contributed by atoms with Crippen LogP contribution in [0.5, 0.6) is 0 Å². The van der Waals surface area contributed by atoms with Gasteiger partial charge in [-0.15, -0.1) is 0 Å². The third-order valence-electron chi connectivity index (χ3n) is 4.67. The van der Waals surface area contributed by atoms with Crippen LogP contribution in [0.15, 0.2) is 0 Å². The lowest BCUT2D eigenvalue weighted by Crippen LogP contribution is -2.49. The van der Waals surface area contributed by atoms with Gasteiger partial charge in [-0.2, -0.15) is 0 Å². The van der Waals surface area contributed by atoms with Crippen LogP contribution in [0.25, 0.3) is 0 Å². The minimum absolute atomic E-state index is 0.828. The molecule has 0 spiro atoms. The van der Waals surface area contributed by atoms with Crippen LogP contribution in [-0.2, 0) is 0 Å². The molecule has 12 heavy (non-hydrogen) atoms. The van der Waals surface area contributed by atoms with E-state index in [-0.39, 0.29) is 0 Å². The van der Waals surface area contributed by atoms with Crippen LogP contribution in [0.4, 0.5) is 0 Å². The van der Waals surface area contributed by atoms with Gasteiger partial charge in [-0.05, 0) is 62.6 Å². The van der Waals surface area contributed by atoms with Crippen molar-refractivity contribution in [3.63, 3.8) is 0 Å². The number of hydrogen-bond donors (Lipinski definition) is 0. The molecule has 0 aromatic heterocycles. The second-order valence-corrected chi connectivity index (χ2v) is 5.27. The molecule has 1 aliphatic carbocycles. The molecule has 1 saturated carbocycles. The fourth-order valence-corrected chi connectivity index (χ4v) is 3.58. The van der Waals surface area contributed by atoms with Crippen LogP contribution in [0.1, 0.15) is 32.6 Å². The summed E-state index contributed by atoms with van der Waals surface area (Å²) in [4.78, 5) is 2.65. The molecule has 4 rings (SSSR count). The van der Waals surface area contributed by atoms with Crippen LogP contribution >= 0.6 is 0 Å². The van der Waals surface area contributed by atoms with E-state index in [1.165, 1.54) is 38.9 Å². The average molecular weight is 165 g/mol. The van der Waals surface area contributed by atoms with E-state index in [0.29, 0.717) is 0 Å². The maximum Gasteiger partial charge on any atom is -0.00133 e. The Morgan fingerprint density at radius 3 is 2.00 bits per heavy atom. The minimum atomic E-state index is 0.828. The lowest BCUT2D eigenvalue weighted by molar-refractivity contribution is 0.00603. The zero-order valence-corrected chi connectivity index (χ0v) is 8.05. The summed E-state index contributed by atoms with van der Waals surface area (Å²) in [5, 5.41) is 0. The van der Waals surface area contributed by atoms with Crippen LogP contribution in [0.2, 0.25) is 0 Å². The Kier molecular flexibility index (Phi) is 1.39. The lowest BCUT2D eigenvalue weighted by atomic mass is 9.68. The van der Waals surface area contributed by atoms with Gasteiger partial charge in [-0.3, -0.25) is 0 Å².